The predicted molar refractivity (Wildman–Crippen MR) is 71.4 cm³/mol. The maximum Gasteiger partial charge on any atom is 0.229 e. The molecule has 0 spiro atoms. The number of carbonyl (C=O) groups excluding carboxylic acids is 1. The molecule has 1 amide bonds. The molecular formula is C13H16N2OS. The van der Waals surface area contributed by atoms with Gasteiger partial charge in [0.1, 0.15) is 0 Å². The second-order valence-corrected chi connectivity index (χ2v) is 4.80. The van der Waals surface area contributed by atoms with Crippen LogP contribution in [0.4, 0.5) is 0 Å². The van der Waals surface area contributed by atoms with E-state index in [1.54, 1.807) is 0 Å². The van der Waals surface area contributed by atoms with Crippen molar-refractivity contribution in [2.75, 3.05) is 7.05 Å². The number of nitrogens with one attached hydrogen (secondary N) is 1. The second-order valence-electron chi connectivity index (χ2n) is 4.41. The molecule has 1 saturated carbocycles. The molecule has 90 valence electrons. The van der Waals surface area contributed by atoms with E-state index in [0.29, 0.717) is 11.7 Å². The first kappa shape index (κ1) is 12.0. The van der Waals surface area contributed by atoms with Crippen molar-refractivity contribution in [1.82, 2.24) is 10.2 Å². The Bertz CT molecular complexity index is 415. The van der Waals surface area contributed by atoms with E-state index in [-0.39, 0.29) is 11.8 Å². The molecule has 0 aliphatic heterocycles. The van der Waals surface area contributed by atoms with Gasteiger partial charge in [0.25, 0.3) is 0 Å². The molecule has 1 aliphatic carbocycles. The molecular weight excluding hydrogens is 232 g/mol. The Morgan fingerprint density at radius 3 is 2.65 bits per heavy atom. The van der Waals surface area contributed by atoms with Crippen LogP contribution in [0.2, 0.25) is 0 Å². The van der Waals surface area contributed by atoms with Crippen molar-refractivity contribution in [1.29, 1.82) is 0 Å². The Hall–Kier alpha value is -1.42. The molecule has 0 unspecified atom stereocenters. The van der Waals surface area contributed by atoms with Gasteiger partial charge in [-0.2, -0.15) is 0 Å². The number of nitrogens with zero attached hydrogens (tertiary/aromatic N) is 1. The summed E-state index contributed by atoms with van der Waals surface area (Å²) >= 11 is 5.19. The normalized spacial score (nSPS) is 14.2. The number of benzene rings is 1. The SMILES string of the molecule is CN(Cc1ccccc1)C(=S)NC(=O)C1CC1. The number of hydrogen-bond acceptors (Lipinski definition) is 2. The van der Waals surface area contributed by atoms with Crippen molar-refractivity contribution >= 4 is 23.2 Å². The van der Waals surface area contributed by atoms with Gasteiger partial charge >= 0.3 is 0 Å². The topological polar surface area (TPSA) is 32.3 Å². The summed E-state index contributed by atoms with van der Waals surface area (Å²) in [5.74, 6) is 0.257. The zero-order valence-corrected chi connectivity index (χ0v) is 10.7. The van der Waals surface area contributed by atoms with Gasteiger partial charge in [-0.3, -0.25) is 4.79 Å². The van der Waals surface area contributed by atoms with Crippen molar-refractivity contribution < 1.29 is 4.79 Å². The monoisotopic (exact) mass is 248 g/mol. The third-order valence-electron chi connectivity index (χ3n) is 2.79. The Balaban J connectivity index is 1.84. The fourth-order valence-electron chi connectivity index (χ4n) is 1.58. The van der Waals surface area contributed by atoms with Gasteiger partial charge < -0.3 is 10.2 Å². The quantitative estimate of drug-likeness (QED) is 0.830. The molecule has 2 rings (SSSR count). The highest BCUT2D eigenvalue weighted by Gasteiger charge is 2.30. The van der Waals surface area contributed by atoms with E-state index in [9.17, 15) is 4.79 Å². The Kier molecular flexibility index (Phi) is 3.74. The zero-order valence-electron chi connectivity index (χ0n) is 9.85. The van der Waals surface area contributed by atoms with E-state index in [4.69, 9.17) is 12.2 Å². The predicted octanol–water partition coefficient (Wildman–Crippen LogP) is 1.93. The van der Waals surface area contributed by atoms with Crippen molar-refractivity contribution in [2.24, 2.45) is 5.92 Å². The molecule has 1 fully saturated rings. The van der Waals surface area contributed by atoms with Crippen molar-refractivity contribution in [2.45, 2.75) is 19.4 Å². The van der Waals surface area contributed by atoms with Gasteiger partial charge in [-0.1, -0.05) is 30.3 Å². The summed E-state index contributed by atoms with van der Waals surface area (Å²) in [6.07, 6.45) is 1.99. The minimum atomic E-state index is 0.0647. The molecule has 1 aromatic carbocycles. The molecule has 0 aromatic heterocycles. The molecule has 0 atom stereocenters. The number of rotatable bonds is 3. The minimum absolute atomic E-state index is 0.0647. The summed E-state index contributed by atoms with van der Waals surface area (Å²) in [5.41, 5.74) is 1.18. The van der Waals surface area contributed by atoms with Gasteiger partial charge in [-0.25, -0.2) is 0 Å². The average molecular weight is 248 g/mol. The Morgan fingerprint density at radius 1 is 1.41 bits per heavy atom. The first-order chi connectivity index (χ1) is 8.16. The first-order valence-corrected chi connectivity index (χ1v) is 6.17. The Labute approximate surface area is 107 Å². The third kappa shape index (κ3) is 3.53. The number of carbonyl (C=O) groups is 1. The summed E-state index contributed by atoms with van der Waals surface area (Å²) in [4.78, 5) is 13.4. The van der Waals surface area contributed by atoms with E-state index in [1.165, 1.54) is 5.56 Å². The fourth-order valence-corrected chi connectivity index (χ4v) is 1.74. The molecule has 1 aromatic rings. The van der Waals surface area contributed by atoms with E-state index < -0.39 is 0 Å². The van der Waals surface area contributed by atoms with E-state index >= 15 is 0 Å². The molecule has 0 saturated heterocycles. The van der Waals surface area contributed by atoms with Crippen LogP contribution >= 0.6 is 12.2 Å². The highest BCUT2D eigenvalue weighted by atomic mass is 32.1. The fraction of sp³-hybridized carbons (Fsp3) is 0.385. The largest absolute Gasteiger partial charge is 0.348 e. The van der Waals surface area contributed by atoms with Gasteiger partial charge in [-0.15, -0.1) is 0 Å². The third-order valence-corrected chi connectivity index (χ3v) is 3.20. The van der Waals surface area contributed by atoms with Crippen LogP contribution in [-0.2, 0) is 11.3 Å². The van der Waals surface area contributed by atoms with Crippen LogP contribution in [0.1, 0.15) is 18.4 Å². The van der Waals surface area contributed by atoms with Gasteiger partial charge in [-0.05, 0) is 30.6 Å². The lowest BCUT2D eigenvalue weighted by Gasteiger charge is -2.20. The number of amides is 1. The summed E-state index contributed by atoms with van der Waals surface area (Å²) in [6, 6.07) is 10.1. The lowest BCUT2D eigenvalue weighted by molar-refractivity contribution is -0.120. The smallest absolute Gasteiger partial charge is 0.229 e. The zero-order chi connectivity index (χ0) is 12.3. The van der Waals surface area contributed by atoms with Crippen molar-refractivity contribution in [3.8, 4) is 0 Å². The molecule has 1 N–H and O–H groups in total. The molecule has 3 nitrogen and oxygen atoms in total. The van der Waals surface area contributed by atoms with Crippen LogP contribution < -0.4 is 5.32 Å². The van der Waals surface area contributed by atoms with Crippen LogP contribution in [-0.4, -0.2) is 23.0 Å². The molecule has 1 aliphatic rings. The maximum absolute atomic E-state index is 11.5. The van der Waals surface area contributed by atoms with E-state index in [2.05, 4.69) is 5.32 Å². The number of hydrogen-bond donors (Lipinski definition) is 1. The average Bonchev–Trinajstić information content (AvgIpc) is 3.14. The number of thiocarbonyl (C=S) groups is 1. The van der Waals surface area contributed by atoms with E-state index in [0.717, 1.165) is 12.8 Å². The summed E-state index contributed by atoms with van der Waals surface area (Å²) in [6.45, 7) is 0.713. The Morgan fingerprint density at radius 2 is 2.06 bits per heavy atom. The lowest BCUT2D eigenvalue weighted by Crippen LogP contribution is -2.40. The molecule has 4 heteroatoms. The molecule has 0 bridgehead atoms. The summed E-state index contributed by atoms with van der Waals surface area (Å²) in [7, 11) is 1.89. The van der Waals surface area contributed by atoms with Crippen molar-refractivity contribution in [3.05, 3.63) is 35.9 Å². The molecule has 0 radical (unpaired) electrons. The highest BCUT2D eigenvalue weighted by molar-refractivity contribution is 7.80. The van der Waals surface area contributed by atoms with Crippen LogP contribution in [0.15, 0.2) is 30.3 Å². The van der Waals surface area contributed by atoms with Gasteiger partial charge in [0.2, 0.25) is 5.91 Å². The van der Waals surface area contributed by atoms with Gasteiger partial charge in [0, 0.05) is 19.5 Å². The van der Waals surface area contributed by atoms with Crippen LogP contribution in [0, 0.1) is 5.92 Å². The lowest BCUT2D eigenvalue weighted by atomic mass is 10.2. The van der Waals surface area contributed by atoms with Gasteiger partial charge in [0.15, 0.2) is 5.11 Å². The van der Waals surface area contributed by atoms with Crippen LogP contribution in [0.3, 0.4) is 0 Å². The van der Waals surface area contributed by atoms with Crippen molar-refractivity contribution in [3.63, 3.8) is 0 Å². The maximum atomic E-state index is 11.5. The standard InChI is InChI=1S/C13H16N2OS/c1-15(9-10-5-3-2-4-6-10)13(17)14-12(16)11-7-8-11/h2-6,11H,7-9H2,1H3,(H,14,16,17). The molecule has 17 heavy (non-hydrogen) atoms. The van der Waals surface area contributed by atoms with Crippen LogP contribution in [0.25, 0.3) is 0 Å². The summed E-state index contributed by atoms with van der Waals surface area (Å²) < 4.78 is 0. The second kappa shape index (κ2) is 5.27. The first-order valence-electron chi connectivity index (χ1n) is 5.76. The summed E-state index contributed by atoms with van der Waals surface area (Å²) in [5, 5.41) is 3.29. The minimum Gasteiger partial charge on any atom is -0.348 e. The van der Waals surface area contributed by atoms with Crippen LogP contribution in [0.5, 0.6) is 0 Å². The molecule has 0 heterocycles. The van der Waals surface area contributed by atoms with E-state index in [1.807, 2.05) is 42.3 Å². The highest BCUT2D eigenvalue weighted by Crippen LogP contribution is 2.28. The van der Waals surface area contributed by atoms with Gasteiger partial charge in [0.05, 0.1) is 0 Å².